The molecule has 0 unspecified atom stereocenters. The number of pyridine rings is 1. The number of urea groups is 1. The Morgan fingerprint density at radius 1 is 0.964 bits per heavy atom. The topological polar surface area (TPSA) is 83.8 Å². The minimum absolute atomic E-state index is 0.228. The average molecular weight is 380 g/mol. The van der Waals surface area contributed by atoms with Crippen molar-refractivity contribution in [2.45, 2.75) is 19.6 Å². The van der Waals surface area contributed by atoms with E-state index in [4.69, 9.17) is 4.74 Å². The number of fused-ring (bicyclic) bond motifs is 1. The molecular weight excluding hydrogens is 356 g/mol. The Bertz CT molecular complexity index is 935. The van der Waals surface area contributed by atoms with Gasteiger partial charge in [0.2, 0.25) is 0 Å². The molecule has 2 amide bonds. The third-order valence-corrected chi connectivity index (χ3v) is 4.85. The molecule has 0 spiro atoms. The lowest BCUT2D eigenvalue weighted by Gasteiger charge is -2.27. The van der Waals surface area contributed by atoms with Crippen molar-refractivity contribution in [2.24, 2.45) is 0 Å². The van der Waals surface area contributed by atoms with Gasteiger partial charge in [0.1, 0.15) is 0 Å². The average Bonchev–Trinajstić information content (AvgIpc) is 3.15. The van der Waals surface area contributed by atoms with Crippen molar-refractivity contribution < 1.29 is 9.53 Å². The maximum Gasteiger partial charge on any atom is 0.315 e. The Balaban J connectivity index is 1.31. The predicted molar refractivity (Wildman–Crippen MR) is 105 cm³/mol. The summed E-state index contributed by atoms with van der Waals surface area (Å²) < 4.78 is 7.27. The second-order valence-electron chi connectivity index (χ2n) is 6.74. The van der Waals surface area contributed by atoms with Crippen molar-refractivity contribution >= 4 is 11.7 Å². The highest BCUT2D eigenvalue weighted by molar-refractivity contribution is 5.73. The van der Waals surface area contributed by atoms with E-state index in [2.05, 4.69) is 37.9 Å². The van der Waals surface area contributed by atoms with Crippen LogP contribution in [0.15, 0.2) is 48.7 Å². The highest BCUT2D eigenvalue weighted by Crippen LogP contribution is 2.13. The molecule has 28 heavy (non-hydrogen) atoms. The van der Waals surface area contributed by atoms with Crippen LogP contribution in [0.2, 0.25) is 0 Å². The molecule has 4 rings (SSSR count). The lowest BCUT2D eigenvalue weighted by atomic mass is 10.1. The number of morpholine rings is 1. The van der Waals surface area contributed by atoms with Gasteiger partial charge in [-0.05, 0) is 23.3 Å². The van der Waals surface area contributed by atoms with Gasteiger partial charge in [0.15, 0.2) is 11.5 Å². The first-order chi connectivity index (χ1) is 13.8. The maximum absolute atomic E-state index is 12.2. The van der Waals surface area contributed by atoms with Gasteiger partial charge in [-0.1, -0.05) is 30.3 Å². The van der Waals surface area contributed by atoms with Crippen LogP contribution in [0.4, 0.5) is 4.79 Å². The number of nitrogens with one attached hydrogen (secondary N) is 2. The van der Waals surface area contributed by atoms with Crippen molar-refractivity contribution in [3.63, 3.8) is 0 Å². The molecule has 0 saturated carbocycles. The largest absolute Gasteiger partial charge is 0.379 e. The number of amides is 2. The third kappa shape index (κ3) is 4.47. The zero-order chi connectivity index (χ0) is 19.2. The van der Waals surface area contributed by atoms with Gasteiger partial charge >= 0.3 is 6.03 Å². The van der Waals surface area contributed by atoms with E-state index in [0.717, 1.165) is 44.1 Å². The van der Waals surface area contributed by atoms with Gasteiger partial charge in [0, 0.05) is 32.4 Å². The zero-order valence-electron chi connectivity index (χ0n) is 15.7. The van der Waals surface area contributed by atoms with Crippen LogP contribution >= 0.6 is 0 Å². The van der Waals surface area contributed by atoms with E-state index in [1.807, 2.05) is 40.9 Å². The molecule has 0 atom stereocenters. The Kier molecular flexibility index (Phi) is 5.79. The molecule has 1 saturated heterocycles. The fraction of sp³-hybridized carbons (Fsp3) is 0.350. The fourth-order valence-electron chi connectivity index (χ4n) is 3.29. The van der Waals surface area contributed by atoms with Crippen molar-refractivity contribution in [1.29, 1.82) is 0 Å². The quantitative estimate of drug-likeness (QED) is 0.678. The third-order valence-electron chi connectivity index (χ3n) is 4.85. The summed E-state index contributed by atoms with van der Waals surface area (Å²) in [6, 6.07) is 13.7. The molecular formula is C20H24N6O2. The number of hydrogen-bond acceptors (Lipinski definition) is 5. The second kappa shape index (κ2) is 8.81. The monoisotopic (exact) mass is 380 g/mol. The molecule has 0 bridgehead atoms. The summed E-state index contributed by atoms with van der Waals surface area (Å²) in [5, 5.41) is 14.0. The number of nitrogens with zero attached hydrogens (tertiary/aromatic N) is 4. The maximum atomic E-state index is 12.2. The molecule has 1 aliphatic heterocycles. The van der Waals surface area contributed by atoms with E-state index in [1.165, 1.54) is 5.56 Å². The summed E-state index contributed by atoms with van der Waals surface area (Å²) >= 11 is 0. The van der Waals surface area contributed by atoms with Gasteiger partial charge in [-0.3, -0.25) is 9.30 Å². The number of rotatable bonds is 6. The molecule has 8 heteroatoms. The minimum Gasteiger partial charge on any atom is -0.379 e. The Labute approximate surface area is 163 Å². The minimum atomic E-state index is -0.228. The summed E-state index contributed by atoms with van der Waals surface area (Å²) in [6.07, 6.45) is 1.88. The number of carbonyl (C=O) groups is 1. The number of hydrogen-bond donors (Lipinski definition) is 2. The van der Waals surface area contributed by atoms with E-state index < -0.39 is 0 Å². The lowest BCUT2D eigenvalue weighted by Crippen LogP contribution is -2.37. The smallest absolute Gasteiger partial charge is 0.315 e. The second-order valence-corrected chi connectivity index (χ2v) is 6.74. The predicted octanol–water partition coefficient (Wildman–Crippen LogP) is 1.56. The summed E-state index contributed by atoms with van der Waals surface area (Å²) in [6.45, 7) is 5.09. The molecule has 1 fully saturated rings. The molecule has 0 radical (unpaired) electrons. The molecule has 0 aliphatic carbocycles. The first kappa shape index (κ1) is 18.4. The summed E-state index contributed by atoms with van der Waals surface area (Å²) in [5.74, 6) is 0.693. The molecule has 2 aromatic heterocycles. The van der Waals surface area contributed by atoms with Gasteiger partial charge in [0.25, 0.3) is 0 Å². The van der Waals surface area contributed by atoms with Crippen molar-refractivity contribution in [2.75, 3.05) is 26.3 Å². The van der Waals surface area contributed by atoms with Crippen LogP contribution in [0.5, 0.6) is 0 Å². The lowest BCUT2D eigenvalue weighted by molar-refractivity contribution is 0.0341. The molecule has 2 N–H and O–H groups in total. The van der Waals surface area contributed by atoms with Crippen LogP contribution < -0.4 is 10.6 Å². The van der Waals surface area contributed by atoms with Crippen molar-refractivity contribution in [3.05, 3.63) is 65.6 Å². The van der Waals surface area contributed by atoms with Crippen LogP contribution in [0.3, 0.4) is 0 Å². The Morgan fingerprint density at radius 2 is 1.71 bits per heavy atom. The molecule has 8 nitrogen and oxygen atoms in total. The number of ether oxygens (including phenoxy) is 1. The SMILES string of the molecule is O=C(NCc1ccccc1CN1CCOCC1)NCc1nnc2ccccn12. The van der Waals surface area contributed by atoms with E-state index in [1.54, 1.807) is 0 Å². The van der Waals surface area contributed by atoms with E-state index in [-0.39, 0.29) is 6.03 Å². The first-order valence-electron chi connectivity index (χ1n) is 9.47. The molecule has 3 heterocycles. The summed E-state index contributed by atoms with van der Waals surface area (Å²) in [7, 11) is 0. The number of carbonyl (C=O) groups excluding carboxylic acids is 1. The van der Waals surface area contributed by atoms with Crippen LogP contribution in [-0.2, 0) is 24.4 Å². The Morgan fingerprint density at radius 3 is 2.57 bits per heavy atom. The first-order valence-corrected chi connectivity index (χ1v) is 9.47. The highest BCUT2D eigenvalue weighted by Gasteiger charge is 2.13. The molecule has 3 aromatic rings. The molecule has 146 valence electrons. The normalized spacial score (nSPS) is 14.9. The number of aromatic nitrogens is 3. The Hall–Kier alpha value is -2.97. The molecule has 1 aliphatic rings. The molecule has 1 aromatic carbocycles. The van der Waals surface area contributed by atoms with E-state index >= 15 is 0 Å². The van der Waals surface area contributed by atoms with Gasteiger partial charge in [-0.15, -0.1) is 10.2 Å². The van der Waals surface area contributed by atoms with Crippen LogP contribution in [0.1, 0.15) is 17.0 Å². The van der Waals surface area contributed by atoms with Gasteiger partial charge < -0.3 is 15.4 Å². The van der Waals surface area contributed by atoms with Crippen LogP contribution in [0, 0.1) is 0 Å². The number of benzene rings is 1. The standard InChI is InChI=1S/C20H24N6O2/c27-20(22-14-19-24-23-18-7-3-4-8-26(18)19)21-13-16-5-1-2-6-17(16)15-25-9-11-28-12-10-25/h1-8H,9-15H2,(H2,21,22,27). The van der Waals surface area contributed by atoms with Crippen LogP contribution in [0.25, 0.3) is 5.65 Å². The zero-order valence-corrected chi connectivity index (χ0v) is 15.7. The van der Waals surface area contributed by atoms with Gasteiger partial charge in [0.05, 0.1) is 19.8 Å². The highest BCUT2D eigenvalue weighted by atomic mass is 16.5. The van der Waals surface area contributed by atoms with Gasteiger partial charge in [-0.2, -0.15) is 0 Å². The summed E-state index contributed by atoms with van der Waals surface area (Å²) in [4.78, 5) is 14.6. The fourth-order valence-corrected chi connectivity index (χ4v) is 3.29. The summed E-state index contributed by atoms with van der Waals surface area (Å²) in [5.41, 5.74) is 3.11. The van der Waals surface area contributed by atoms with Crippen molar-refractivity contribution in [1.82, 2.24) is 30.1 Å². The van der Waals surface area contributed by atoms with Crippen LogP contribution in [-0.4, -0.2) is 51.8 Å². The van der Waals surface area contributed by atoms with Crippen molar-refractivity contribution in [3.8, 4) is 0 Å². The van der Waals surface area contributed by atoms with E-state index in [0.29, 0.717) is 18.9 Å². The van der Waals surface area contributed by atoms with E-state index in [9.17, 15) is 4.79 Å². The van der Waals surface area contributed by atoms with Gasteiger partial charge in [-0.25, -0.2) is 4.79 Å².